The lowest BCUT2D eigenvalue weighted by Crippen LogP contribution is -2.24. The molecule has 0 spiro atoms. The third-order valence-corrected chi connectivity index (χ3v) is 3.95. The zero-order valence-corrected chi connectivity index (χ0v) is 11.5. The topological polar surface area (TPSA) is 46.9 Å². The molecular formula is C13H17N3OS. The molecule has 0 atom stereocenters. The van der Waals surface area contributed by atoms with Crippen molar-refractivity contribution in [1.82, 2.24) is 15.1 Å². The minimum Gasteiger partial charge on any atom is -0.351 e. The van der Waals surface area contributed by atoms with Crippen molar-refractivity contribution in [2.45, 2.75) is 26.8 Å². The van der Waals surface area contributed by atoms with Gasteiger partial charge in [-0.25, -0.2) is 0 Å². The van der Waals surface area contributed by atoms with Crippen LogP contribution in [0.4, 0.5) is 0 Å². The van der Waals surface area contributed by atoms with Gasteiger partial charge < -0.3 is 5.32 Å². The van der Waals surface area contributed by atoms with E-state index in [1.54, 1.807) is 17.5 Å². The molecule has 0 bridgehead atoms. The van der Waals surface area contributed by atoms with Crippen molar-refractivity contribution in [2.75, 3.05) is 6.54 Å². The average molecular weight is 263 g/mol. The van der Waals surface area contributed by atoms with Crippen LogP contribution in [0.5, 0.6) is 0 Å². The second-order valence-corrected chi connectivity index (χ2v) is 5.48. The standard InChI is InChI=1S/C13H17N3OS/c1-10-9-12(18-11(10)2)13(17)14-5-3-7-16-8-4-6-15-16/h4,6,8-9H,3,5,7H2,1-2H3,(H,14,17). The first-order valence-corrected chi connectivity index (χ1v) is 6.81. The van der Waals surface area contributed by atoms with Crippen LogP contribution in [0.2, 0.25) is 0 Å². The predicted octanol–water partition coefficient (Wildman–Crippen LogP) is 2.38. The van der Waals surface area contributed by atoms with E-state index in [0.29, 0.717) is 6.54 Å². The van der Waals surface area contributed by atoms with Crippen LogP contribution in [-0.4, -0.2) is 22.2 Å². The summed E-state index contributed by atoms with van der Waals surface area (Å²) < 4.78 is 1.87. The van der Waals surface area contributed by atoms with Gasteiger partial charge in [-0.3, -0.25) is 9.48 Å². The van der Waals surface area contributed by atoms with E-state index in [1.165, 1.54) is 10.4 Å². The molecule has 5 heteroatoms. The first-order valence-electron chi connectivity index (χ1n) is 5.99. The van der Waals surface area contributed by atoms with Gasteiger partial charge in [0.2, 0.25) is 0 Å². The lowest BCUT2D eigenvalue weighted by Gasteiger charge is -2.03. The highest BCUT2D eigenvalue weighted by Crippen LogP contribution is 2.20. The molecule has 0 aliphatic carbocycles. The highest BCUT2D eigenvalue weighted by molar-refractivity contribution is 7.14. The maximum atomic E-state index is 11.8. The van der Waals surface area contributed by atoms with E-state index in [4.69, 9.17) is 0 Å². The van der Waals surface area contributed by atoms with Crippen LogP contribution in [0.1, 0.15) is 26.5 Å². The molecule has 18 heavy (non-hydrogen) atoms. The summed E-state index contributed by atoms with van der Waals surface area (Å²) in [5.74, 6) is 0.0247. The van der Waals surface area contributed by atoms with Gasteiger partial charge in [0.1, 0.15) is 0 Å². The number of nitrogens with one attached hydrogen (secondary N) is 1. The van der Waals surface area contributed by atoms with Gasteiger partial charge in [0, 0.05) is 30.4 Å². The largest absolute Gasteiger partial charge is 0.351 e. The van der Waals surface area contributed by atoms with Gasteiger partial charge in [-0.2, -0.15) is 5.10 Å². The predicted molar refractivity (Wildman–Crippen MR) is 73.0 cm³/mol. The lowest BCUT2D eigenvalue weighted by molar-refractivity contribution is 0.0956. The Kier molecular flexibility index (Phi) is 4.15. The number of carbonyl (C=O) groups is 1. The lowest BCUT2D eigenvalue weighted by atomic mass is 10.3. The molecular weight excluding hydrogens is 246 g/mol. The quantitative estimate of drug-likeness (QED) is 0.842. The van der Waals surface area contributed by atoms with Crippen molar-refractivity contribution in [1.29, 1.82) is 0 Å². The average Bonchev–Trinajstić information content (AvgIpc) is 2.96. The fourth-order valence-corrected chi connectivity index (χ4v) is 2.60. The summed E-state index contributed by atoms with van der Waals surface area (Å²) >= 11 is 1.55. The molecule has 2 rings (SSSR count). The number of hydrogen-bond acceptors (Lipinski definition) is 3. The molecule has 0 fully saturated rings. The maximum Gasteiger partial charge on any atom is 0.261 e. The van der Waals surface area contributed by atoms with E-state index < -0.39 is 0 Å². The minimum absolute atomic E-state index is 0.0247. The third kappa shape index (κ3) is 3.20. The Bertz CT molecular complexity index is 497. The normalized spacial score (nSPS) is 10.6. The Balaban J connectivity index is 1.75. The summed E-state index contributed by atoms with van der Waals surface area (Å²) in [6.07, 6.45) is 4.57. The van der Waals surface area contributed by atoms with Crippen molar-refractivity contribution in [3.8, 4) is 0 Å². The van der Waals surface area contributed by atoms with Crippen LogP contribution in [0.15, 0.2) is 24.5 Å². The molecule has 0 aromatic carbocycles. The fourth-order valence-electron chi connectivity index (χ4n) is 1.65. The number of carbonyl (C=O) groups excluding carboxylic acids is 1. The Morgan fingerprint density at radius 2 is 2.33 bits per heavy atom. The van der Waals surface area contributed by atoms with Crippen molar-refractivity contribution in [3.63, 3.8) is 0 Å². The van der Waals surface area contributed by atoms with Crippen molar-refractivity contribution >= 4 is 17.2 Å². The van der Waals surface area contributed by atoms with Gasteiger partial charge in [0.05, 0.1) is 4.88 Å². The minimum atomic E-state index is 0.0247. The summed E-state index contributed by atoms with van der Waals surface area (Å²) in [5, 5.41) is 7.04. The second-order valence-electron chi connectivity index (χ2n) is 4.23. The van der Waals surface area contributed by atoms with E-state index in [1.807, 2.05) is 36.9 Å². The molecule has 1 N–H and O–H groups in total. The summed E-state index contributed by atoms with van der Waals surface area (Å²) in [6.45, 7) is 5.57. The number of nitrogens with zero attached hydrogens (tertiary/aromatic N) is 2. The molecule has 0 aliphatic rings. The van der Waals surface area contributed by atoms with Crippen LogP contribution in [0.3, 0.4) is 0 Å². The van der Waals surface area contributed by atoms with Crippen LogP contribution >= 0.6 is 11.3 Å². The molecule has 2 heterocycles. The Labute approximate surface area is 111 Å². The van der Waals surface area contributed by atoms with E-state index >= 15 is 0 Å². The van der Waals surface area contributed by atoms with Crippen molar-refractivity contribution < 1.29 is 4.79 Å². The van der Waals surface area contributed by atoms with E-state index in [0.717, 1.165) is 17.8 Å². The third-order valence-electron chi connectivity index (χ3n) is 2.80. The highest BCUT2D eigenvalue weighted by Gasteiger charge is 2.09. The van der Waals surface area contributed by atoms with E-state index in [9.17, 15) is 4.79 Å². The SMILES string of the molecule is Cc1cc(C(=O)NCCCn2cccn2)sc1C. The molecule has 2 aromatic rings. The molecule has 1 amide bonds. The number of hydrogen-bond donors (Lipinski definition) is 1. The van der Waals surface area contributed by atoms with Crippen molar-refractivity contribution in [3.05, 3.63) is 39.8 Å². The van der Waals surface area contributed by atoms with Crippen LogP contribution in [0.25, 0.3) is 0 Å². The Hall–Kier alpha value is -1.62. The summed E-state index contributed by atoms with van der Waals surface area (Å²) in [5.41, 5.74) is 1.18. The van der Waals surface area contributed by atoms with E-state index in [-0.39, 0.29) is 5.91 Å². The van der Waals surface area contributed by atoms with Crippen LogP contribution in [0, 0.1) is 13.8 Å². The fraction of sp³-hybridized carbons (Fsp3) is 0.385. The number of amides is 1. The zero-order chi connectivity index (χ0) is 13.0. The maximum absolute atomic E-state index is 11.8. The molecule has 0 saturated heterocycles. The van der Waals surface area contributed by atoms with Crippen molar-refractivity contribution in [2.24, 2.45) is 0 Å². The molecule has 2 aromatic heterocycles. The molecule has 0 aliphatic heterocycles. The van der Waals surface area contributed by atoms with Crippen LogP contribution < -0.4 is 5.32 Å². The molecule has 96 valence electrons. The smallest absolute Gasteiger partial charge is 0.261 e. The number of thiophene rings is 1. The molecule has 0 saturated carbocycles. The summed E-state index contributed by atoms with van der Waals surface area (Å²) in [7, 11) is 0. The number of rotatable bonds is 5. The van der Waals surface area contributed by atoms with Gasteiger partial charge >= 0.3 is 0 Å². The summed E-state index contributed by atoms with van der Waals surface area (Å²) in [6, 6.07) is 3.85. The first kappa shape index (κ1) is 12.8. The molecule has 0 unspecified atom stereocenters. The Morgan fingerprint density at radius 3 is 2.94 bits per heavy atom. The summed E-state index contributed by atoms with van der Waals surface area (Å²) in [4.78, 5) is 13.8. The highest BCUT2D eigenvalue weighted by atomic mass is 32.1. The van der Waals surface area contributed by atoms with Gasteiger partial charge in [-0.1, -0.05) is 0 Å². The molecule has 4 nitrogen and oxygen atoms in total. The zero-order valence-electron chi connectivity index (χ0n) is 10.6. The van der Waals surface area contributed by atoms with Gasteiger partial charge in [0.25, 0.3) is 5.91 Å². The van der Waals surface area contributed by atoms with Gasteiger partial charge in [-0.15, -0.1) is 11.3 Å². The second kappa shape index (κ2) is 5.82. The Morgan fingerprint density at radius 1 is 1.50 bits per heavy atom. The number of aryl methyl sites for hydroxylation is 3. The first-order chi connectivity index (χ1) is 8.66. The number of aromatic nitrogens is 2. The van der Waals surface area contributed by atoms with Crippen LogP contribution in [-0.2, 0) is 6.54 Å². The van der Waals surface area contributed by atoms with Gasteiger partial charge in [0.15, 0.2) is 0 Å². The van der Waals surface area contributed by atoms with E-state index in [2.05, 4.69) is 10.4 Å². The molecule has 0 radical (unpaired) electrons. The van der Waals surface area contributed by atoms with Gasteiger partial charge in [-0.05, 0) is 38.0 Å². The monoisotopic (exact) mass is 263 g/mol.